The van der Waals surface area contributed by atoms with Crippen molar-refractivity contribution >= 4 is 11.8 Å². The highest BCUT2D eigenvalue weighted by Crippen LogP contribution is 2.41. The van der Waals surface area contributed by atoms with Gasteiger partial charge in [0.2, 0.25) is 0 Å². The zero-order chi connectivity index (χ0) is 13.2. The molecule has 9 heteroatoms. The summed E-state index contributed by atoms with van der Waals surface area (Å²) in [6.45, 7) is -3.54. The second-order valence-electron chi connectivity index (χ2n) is 2.61. The van der Waals surface area contributed by atoms with Crippen molar-refractivity contribution < 1.29 is 35.5 Å². The second-order valence-corrected chi connectivity index (χ2v) is 3.72. The van der Waals surface area contributed by atoms with E-state index in [9.17, 15) is 30.7 Å². The van der Waals surface area contributed by atoms with Crippen molar-refractivity contribution in [2.45, 2.75) is 17.0 Å². The van der Waals surface area contributed by atoms with Crippen molar-refractivity contribution in [2.24, 2.45) is 0 Å². The van der Waals surface area contributed by atoms with Crippen LogP contribution in [0.1, 0.15) is 0 Å². The van der Waals surface area contributed by atoms with Gasteiger partial charge in [-0.2, -0.15) is 22.0 Å². The highest BCUT2D eigenvalue weighted by Gasteiger charge is 2.32. The maximum Gasteiger partial charge on any atom is 0.446 e. The zero-order valence-corrected chi connectivity index (χ0v) is 8.51. The van der Waals surface area contributed by atoms with E-state index in [2.05, 4.69) is 4.74 Å². The molecule has 1 rings (SSSR count). The highest BCUT2D eigenvalue weighted by atomic mass is 32.2. The summed E-state index contributed by atoms with van der Waals surface area (Å²) in [4.78, 5) is -1.05. The predicted octanol–water partition coefficient (Wildman–Crippen LogP) is 4.18. The number of benzene rings is 1. The Labute approximate surface area is 94.6 Å². The van der Waals surface area contributed by atoms with Gasteiger partial charge in [-0.3, -0.25) is 0 Å². The molecular formula is C8H3F7OS. The van der Waals surface area contributed by atoms with Crippen LogP contribution in [-0.4, -0.2) is 12.1 Å². The molecule has 0 unspecified atom stereocenters. The maximum absolute atomic E-state index is 13.2. The Morgan fingerprint density at radius 1 is 1.12 bits per heavy atom. The Morgan fingerprint density at radius 2 is 1.71 bits per heavy atom. The third-order valence-electron chi connectivity index (χ3n) is 1.45. The van der Waals surface area contributed by atoms with Gasteiger partial charge in [0.05, 0.1) is 4.90 Å². The molecule has 0 aliphatic carbocycles. The molecule has 0 bridgehead atoms. The van der Waals surface area contributed by atoms with E-state index in [0.29, 0.717) is 12.1 Å². The van der Waals surface area contributed by atoms with E-state index in [1.807, 2.05) is 0 Å². The summed E-state index contributed by atoms with van der Waals surface area (Å²) >= 11 is -0.889. The molecule has 0 atom stereocenters. The number of hydrogen-bond acceptors (Lipinski definition) is 2. The van der Waals surface area contributed by atoms with E-state index in [1.54, 1.807) is 0 Å². The van der Waals surface area contributed by atoms with Gasteiger partial charge in [0.25, 0.3) is 0 Å². The zero-order valence-electron chi connectivity index (χ0n) is 7.69. The number of hydrogen-bond donors (Lipinski definition) is 0. The van der Waals surface area contributed by atoms with Gasteiger partial charge in [-0.05, 0) is 23.9 Å². The van der Waals surface area contributed by atoms with Crippen LogP contribution in [0.3, 0.4) is 0 Å². The van der Waals surface area contributed by atoms with Crippen molar-refractivity contribution in [1.29, 1.82) is 0 Å². The Hall–Kier alpha value is -1.12. The van der Waals surface area contributed by atoms with Crippen LogP contribution < -0.4 is 4.74 Å². The lowest BCUT2D eigenvalue weighted by atomic mass is 10.3. The minimum atomic E-state index is -4.82. The molecule has 0 amide bonds. The van der Waals surface area contributed by atoms with Gasteiger partial charge in [0, 0.05) is 0 Å². The molecule has 0 aromatic heterocycles. The van der Waals surface area contributed by atoms with Gasteiger partial charge in [-0.15, -0.1) is 0 Å². The number of rotatable bonds is 3. The lowest BCUT2D eigenvalue weighted by molar-refractivity contribution is -0.0550. The Bertz CT molecular complexity index is 404. The lowest BCUT2D eigenvalue weighted by Gasteiger charge is -2.11. The molecular weight excluding hydrogens is 277 g/mol. The molecule has 0 fully saturated rings. The van der Waals surface area contributed by atoms with Crippen LogP contribution in [0.2, 0.25) is 0 Å². The van der Waals surface area contributed by atoms with E-state index in [1.165, 1.54) is 0 Å². The molecule has 0 spiro atoms. The molecule has 96 valence electrons. The molecule has 0 saturated heterocycles. The fraction of sp³-hybridized carbons (Fsp3) is 0.250. The lowest BCUT2D eigenvalue weighted by Crippen LogP contribution is -2.07. The number of alkyl halides is 5. The summed E-state index contributed by atoms with van der Waals surface area (Å²) in [6, 6.07) is 0.899. The first-order valence-electron chi connectivity index (χ1n) is 3.89. The van der Waals surface area contributed by atoms with E-state index in [4.69, 9.17) is 0 Å². The SMILES string of the molecule is Fc1ccc(SC(F)(F)F)c(F)c1OC(F)F. The summed E-state index contributed by atoms with van der Waals surface area (Å²) < 4.78 is 88.8. The largest absolute Gasteiger partial charge is 0.446 e. The minimum absolute atomic E-state index is 0.412. The van der Waals surface area contributed by atoms with E-state index >= 15 is 0 Å². The molecule has 0 saturated carbocycles. The molecule has 0 aliphatic heterocycles. The van der Waals surface area contributed by atoms with Crippen LogP contribution in [-0.2, 0) is 0 Å². The van der Waals surface area contributed by atoms with Crippen LogP contribution in [0, 0.1) is 11.6 Å². The number of ether oxygens (including phenoxy) is 1. The summed E-state index contributed by atoms with van der Waals surface area (Å²) in [5, 5.41) is 0. The van der Waals surface area contributed by atoms with Crippen molar-refractivity contribution in [1.82, 2.24) is 0 Å². The predicted molar refractivity (Wildman–Crippen MR) is 44.9 cm³/mol. The summed E-state index contributed by atoms with van der Waals surface area (Å²) in [7, 11) is 0. The third kappa shape index (κ3) is 3.99. The first-order valence-corrected chi connectivity index (χ1v) is 4.71. The van der Waals surface area contributed by atoms with Gasteiger partial charge < -0.3 is 4.74 Å². The second kappa shape index (κ2) is 5.03. The van der Waals surface area contributed by atoms with Crippen LogP contribution in [0.4, 0.5) is 30.7 Å². The van der Waals surface area contributed by atoms with Crippen LogP contribution >= 0.6 is 11.8 Å². The standard InChI is InChI=1S/C8H3F7OS/c9-3-1-2-4(17-8(13,14)15)5(10)6(3)16-7(11)12/h1-2,7H. The monoisotopic (exact) mass is 280 g/mol. The highest BCUT2D eigenvalue weighted by molar-refractivity contribution is 8.00. The normalized spacial score (nSPS) is 12.0. The molecule has 1 aromatic carbocycles. The molecule has 17 heavy (non-hydrogen) atoms. The Balaban J connectivity index is 3.10. The smallest absolute Gasteiger partial charge is 0.428 e. The molecule has 0 N–H and O–H groups in total. The quantitative estimate of drug-likeness (QED) is 0.607. The van der Waals surface area contributed by atoms with Gasteiger partial charge in [-0.25, -0.2) is 8.78 Å². The van der Waals surface area contributed by atoms with Gasteiger partial charge in [-0.1, -0.05) is 0 Å². The summed E-state index contributed by atoms with van der Waals surface area (Å²) in [5.41, 5.74) is -4.82. The van der Waals surface area contributed by atoms with Gasteiger partial charge in [0.1, 0.15) is 0 Å². The van der Waals surface area contributed by atoms with Crippen molar-refractivity contribution in [3.8, 4) is 5.75 Å². The Kier molecular flexibility index (Phi) is 4.12. The molecule has 0 radical (unpaired) electrons. The third-order valence-corrected chi connectivity index (χ3v) is 2.21. The molecule has 0 aliphatic rings. The van der Waals surface area contributed by atoms with E-state index in [0.717, 1.165) is 0 Å². The summed E-state index contributed by atoms with van der Waals surface area (Å²) in [6.07, 6.45) is 0. The average Bonchev–Trinajstić information content (AvgIpc) is 2.15. The van der Waals surface area contributed by atoms with Gasteiger partial charge >= 0.3 is 12.1 Å². The fourth-order valence-corrected chi connectivity index (χ4v) is 1.48. The number of halogens is 7. The van der Waals surface area contributed by atoms with Crippen LogP contribution in [0.5, 0.6) is 5.75 Å². The summed E-state index contributed by atoms with van der Waals surface area (Å²) in [5.74, 6) is -4.85. The number of thioether (sulfide) groups is 1. The fourth-order valence-electron chi connectivity index (χ4n) is 0.915. The minimum Gasteiger partial charge on any atom is -0.428 e. The van der Waals surface area contributed by atoms with Gasteiger partial charge in [0.15, 0.2) is 17.4 Å². The van der Waals surface area contributed by atoms with Crippen LogP contribution in [0.15, 0.2) is 17.0 Å². The average molecular weight is 280 g/mol. The van der Waals surface area contributed by atoms with Crippen LogP contribution in [0.25, 0.3) is 0 Å². The Morgan fingerprint density at radius 3 is 2.18 bits per heavy atom. The molecule has 1 aromatic rings. The molecule has 1 nitrogen and oxygen atoms in total. The van der Waals surface area contributed by atoms with E-state index < -0.39 is 46.2 Å². The maximum atomic E-state index is 13.2. The molecule has 0 heterocycles. The van der Waals surface area contributed by atoms with Crippen molar-refractivity contribution in [3.05, 3.63) is 23.8 Å². The first-order chi connectivity index (χ1) is 7.70. The first kappa shape index (κ1) is 13.9. The topological polar surface area (TPSA) is 9.23 Å². The van der Waals surface area contributed by atoms with Crippen molar-refractivity contribution in [2.75, 3.05) is 0 Å². The van der Waals surface area contributed by atoms with Crippen molar-refractivity contribution in [3.63, 3.8) is 0 Å². The van der Waals surface area contributed by atoms with E-state index in [-0.39, 0.29) is 0 Å².